The minimum Gasteiger partial charge on any atom is -0.462 e. The maximum absolute atomic E-state index is 13.3. The van der Waals surface area contributed by atoms with E-state index in [0.717, 1.165) is 5.56 Å². The van der Waals surface area contributed by atoms with Gasteiger partial charge in [-0.3, -0.25) is 9.36 Å². The van der Waals surface area contributed by atoms with Crippen LogP contribution in [0.3, 0.4) is 0 Å². The largest absolute Gasteiger partial charge is 0.462 e. The monoisotopic (exact) mass is 484 g/mol. The fraction of sp³-hybridized carbons (Fsp3) is 0.111. The molecule has 0 fully saturated rings. The third-order valence-electron chi connectivity index (χ3n) is 5.58. The second kappa shape index (κ2) is 9.19. The minimum atomic E-state index is -0.609. The molecular formula is C27H21ClN4O3. The molecule has 8 heteroatoms. The smallest absolute Gasteiger partial charge is 0.344 e. The van der Waals surface area contributed by atoms with E-state index in [0.29, 0.717) is 32.9 Å². The summed E-state index contributed by atoms with van der Waals surface area (Å²) in [6.07, 6.45) is 0. The zero-order valence-electron chi connectivity index (χ0n) is 19.1. The van der Waals surface area contributed by atoms with Crippen LogP contribution in [0.25, 0.3) is 27.9 Å². The van der Waals surface area contributed by atoms with E-state index >= 15 is 0 Å². The molecule has 1 N–H and O–H groups in total. The summed E-state index contributed by atoms with van der Waals surface area (Å²) in [7, 11) is 0. The van der Waals surface area contributed by atoms with E-state index in [2.05, 4.69) is 5.32 Å². The average molecular weight is 485 g/mol. The number of ether oxygens (including phenoxy) is 1. The Kier molecular flexibility index (Phi) is 5.93. The summed E-state index contributed by atoms with van der Waals surface area (Å²) in [5.41, 5.74) is 4.20. The summed E-state index contributed by atoms with van der Waals surface area (Å²) in [6, 6.07) is 21.8. The Bertz CT molecular complexity index is 1590. The molecule has 0 spiro atoms. The molecule has 5 aromatic rings. The fourth-order valence-electron chi connectivity index (χ4n) is 3.92. The van der Waals surface area contributed by atoms with E-state index < -0.39 is 11.9 Å². The lowest BCUT2D eigenvalue weighted by atomic mass is 10.2. The van der Waals surface area contributed by atoms with Gasteiger partial charge in [0, 0.05) is 5.69 Å². The first-order chi connectivity index (χ1) is 17.0. The summed E-state index contributed by atoms with van der Waals surface area (Å²) in [5, 5.41) is 3.19. The van der Waals surface area contributed by atoms with Crippen LogP contribution in [0.1, 0.15) is 33.2 Å². The van der Waals surface area contributed by atoms with Crippen molar-refractivity contribution in [2.24, 2.45) is 0 Å². The first kappa shape index (κ1) is 22.6. The molecule has 0 aliphatic rings. The summed E-state index contributed by atoms with van der Waals surface area (Å²) >= 11 is 6.28. The zero-order chi connectivity index (χ0) is 24.5. The number of aryl methyl sites for hydroxylation is 1. The van der Waals surface area contributed by atoms with Gasteiger partial charge in [0.05, 0.1) is 28.2 Å². The van der Waals surface area contributed by atoms with Gasteiger partial charge in [0.1, 0.15) is 16.9 Å². The summed E-state index contributed by atoms with van der Waals surface area (Å²) in [5.74, 6) is -0.869. The third kappa shape index (κ3) is 4.11. The normalized spacial score (nSPS) is 11.1. The van der Waals surface area contributed by atoms with E-state index in [1.807, 2.05) is 55.5 Å². The predicted octanol–water partition coefficient (Wildman–Crippen LogP) is 5.96. The molecule has 0 bridgehead atoms. The van der Waals surface area contributed by atoms with Gasteiger partial charge in [0.25, 0.3) is 5.91 Å². The first-order valence-corrected chi connectivity index (χ1v) is 11.5. The maximum Gasteiger partial charge on any atom is 0.344 e. The topological polar surface area (TPSA) is 86.1 Å². The molecule has 0 aliphatic carbocycles. The molecule has 0 unspecified atom stereocenters. The summed E-state index contributed by atoms with van der Waals surface area (Å²) in [4.78, 5) is 36.1. The van der Waals surface area contributed by atoms with Crippen LogP contribution in [0.15, 0.2) is 72.8 Å². The molecule has 7 nitrogen and oxygen atoms in total. The lowest BCUT2D eigenvalue weighted by Crippen LogP contribution is -2.18. The number of nitrogens with zero attached hydrogens (tertiary/aromatic N) is 3. The Hall–Kier alpha value is -4.23. The first-order valence-electron chi connectivity index (χ1n) is 11.1. The van der Waals surface area contributed by atoms with Crippen LogP contribution in [-0.2, 0) is 4.74 Å². The van der Waals surface area contributed by atoms with E-state index in [1.165, 1.54) is 0 Å². The number of amides is 1. The average Bonchev–Trinajstić information content (AvgIpc) is 3.16. The number of carbonyl (C=O) groups is 2. The number of nitrogens with one attached hydrogen (secondary N) is 1. The van der Waals surface area contributed by atoms with Crippen molar-refractivity contribution in [1.29, 1.82) is 0 Å². The van der Waals surface area contributed by atoms with Gasteiger partial charge >= 0.3 is 5.97 Å². The van der Waals surface area contributed by atoms with Crippen molar-refractivity contribution in [3.8, 4) is 5.69 Å². The van der Waals surface area contributed by atoms with Crippen molar-refractivity contribution in [2.45, 2.75) is 13.8 Å². The SMILES string of the molecule is CCOC(=O)c1c(NC(=O)c2ccccc2Cl)n(-c2ccc(C)cc2)c2nc3ccccc3nc12. The van der Waals surface area contributed by atoms with Crippen LogP contribution >= 0.6 is 11.6 Å². The number of carbonyl (C=O) groups excluding carboxylic acids is 2. The molecule has 2 heterocycles. The Balaban J connectivity index is 1.83. The number of aromatic nitrogens is 3. The molecule has 2 aromatic heterocycles. The van der Waals surface area contributed by atoms with Gasteiger partial charge in [-0.25, -0.2) is 14.8 Å². The number of hydrogen-bond donors (Lipinski definition) is 1. The van der Waals surface area contributed by atoms with E-state index in [-0.39, 0.29) is 23.6 Å². The Morgan fingerprint density at radius 1 is 0.943 bits per heavy atom. The van der Waals surface area contributed by atoms with Gasteiger partial charge in [-0.15, -0.1) is 0 Å². The quantitative estimate of drug-likeness (QED) is 0.311. The van der Waals surface area contributed by atoms with Crippen LogP contribution in [0.4, 0.5) is 5.82 Å². The van der Waals surface area contributed by atoms with Gasteiger partial charge in [0.2, 0.25) is 0 Å². The van der Waals surface area contributed by atoms with Crippen molar-refractivity contribution in [3.63, 3.8) is 0 Å². The van der Waals surface area contributed by atoms with E-state index in [1.54, 1.807) is 35.8 Å². The van der Waals surface area contributed by atoms with Crippen molar-refractivity contribution in [1.82, 2.24) is 14.5 Å². The van der Waals surface area contributed by atoms with Crippen molar-refractivity contribution in [2.75, 3.05) is 11.9 Å². The lowest BCUT2D eigenvalue weighted by Gasteiger charge is -2.13. The molecule has 35 heavy (non-hydrogen) atoms. The van der Waals surface area contributed by atoms with Crippen LogP contribution in [0, 0.1) is 6.92 Å². The number of para-hydroxylation sites is 2. The van der Waals surface area contributed by atoms with E-state index in [9.17, 15) is 9.59 Å². The highest BCUT2D eigenvalue weighted by atomic mass is 35.5. The molecule has 1 amide bonds. The second-order valence-electron chi connectivity index (χ2n) is 7.93. The highest BCUT2D eigenvalue weighted by Gasteiger charge is 2.29. The molecule has 174 valence electrons. The molecule has 5 rings (SSSR count). The zero-order valence-corrected chi connectivity index (χ0v) is 19.8. The lowest BCUT2D eigenvalue weighted by molar-refractivity contribution is 0.0529. The van der Waals surface area contributed by atoms with Gasteiger partial charge < -0.3 is 10.1 Å². The van der Waals surface area contributed by atoms with Gasteiger partial charge in [-0.1, -0.05) is 53.6 Å². The summed E-state index contributed by atoms with van der Waals surface area (Å²) < 4.78 is 7.09. The molecule has 0 saturated carbocycles. The number of halogens is 1. The number of esters is 1. The predicted molar refractivity (Wildman–Crippen MR) is 136 cm³/mol. The van der Waals surface area contributed by atoms with Gasteiger partial charge in [0.15, 0.2) is 5.65 Å². The second-order valence-corrected chi connectivity index (χ2v) is 8.34. The van der Waals surface area contributed by atoms with Crippen molar-refractivity contribution in [3.05, 3.63) is 94.5 Å². The molecule has 3 aromatic carbocycles. The highest BCUT2D eigenvalue weighted by Crippen LogP contribution is 2.34. The maximum atomic E-state index is 13.3. The number of fused-ring (bicyclic) bond motifs is 2. The molecular weight excluding hydrogens is 464 g/mol. The number of anilines is 1. The van der Waals surface area contributed by atoms with Crippen LogP contribution in [-0.4, -0.2) is 33.0 Å². The van der Waals surface area contributed by atoms with Crippen LogP contribution in [0.2, 0.25) is 5.02 Å². The number of rotatable bonds is 5. The molecule has 0 aliphatic heterocycles. The summed E-state index contributed by atoms with van der Waals surface area (Å²) in [6.45, 7) is 3.87. The van der Waals surface area contributed by atoms with Crippen LogP contribution < -0.4 is 5.32 Å². The standard InChI is InChI=1S/C27H21ClN4O3/c1-3-35-27(34)22-23-25(30-21-11-7-6-10-20(21)29-23)32(17-14-12-16(2)13-15-17)24(22)31-26(33)18-8-4-5-9-19(18)28/h4-15H,3H2,1-2H3,(H,31,33). The van der Waals surface area contributed by atoms with Gasteiger partial charge in [-0.05, 0) is 50.2 Å². The minimum absolute atomic E-state index is 0.126. The van der Waals surface area contributed by atoms with Crippen molar-refractivity contribution < 1.29 is 14.3 Å². The fourth-order valence-corrected chi connectivity index (χ4v) is 4.15. The Labute approximate surface area is 206 Å². The van der Waals surface area contributed by atoms with Crippen molar-refractivity contribution >= 4 is 51.5 Å². The Morgan fingerprint density at radius 2 is 1.60 bits per heavy atom. The molecule has 0 radical (unpaired) electrons. The molecule has 0 saturated heterocycles. The Morgan fingerprint density at radius 3 is 2.29 bits per heavy atom. The van der Waals surface area contributed by atoms with Crippen LogP contribution in [0.5, 0.6) is 0 Å². The number of hydrogen-bond acceptors (Lipinski definition) is 5. The van der Waals surface area contributed by atoms with E-state index in [4.69, 9.17) is 26.3 Å². The third-order valence-corrected chi connectivity index (χ3v) is 5.91. The molecule has 0 atom stereocenters. The number of benzene rings is 3. The highest BCUT2D eigenvalue weighted by molar-refractivity contribution is 6.34. The van der Waals surface area contributed by atoms with Gasteiger partial charge in [-0.2, -0.15) is 0 Å².